The van der Waals surface area contributed by atoms with E-state index in [1.54, 1.807) is 6.08 Å². The Kier molecular flexibility index (Phi) is 10.2. The number of phenolic OH excluding ortho intramolecular Hbond substituents is 1. The number of alkyl halides is 6. The third kappa shape index (κ3) is 6.61. The molecule has 4 aromatic rings. The van der Waals surface area contributed by atoms with Crippen LogP contribution in [0.5, 0.6) is 11.5 Å². The van der Waals surface area contributed by atoms with Crippen LogP contribution in [0.3, 0.4) is 0 Å². The Labute approximate surface area is 356 Å². The fourth-order valence-electron chi connectivity index (χ4n) is 9.26. The van der Waals surface area contributed by atoms with Crippen molar-refractivity contribution in [2.75, 3.05) is 24.6 Å². The Bertz CT molecular complexity index is 2560. The molecule has 0 radical (unpaired) electrons. The normalized spacial score (nSPS) is 25.0. The molecule has 2 aliphatic heterocycles. The molecule has 3 fully saturated rings. The van der Waals surface area contributed by atoms with Gasteiger partial charge in [0.15, 0.2) is 11.6 Å². The quantitative estimate of drug-likeness (QED) is 0.106. The van der Waals surface area contributed by atoms with Gasteiger partial charge in [0, 0.05) is 35.8 Å². The van der Waals surface area contributed by atoms with Gasteiger partial charge in [0.2, 0.25) is 0 Å². The third-order valence-corrected chi connectivity index (χ3v) is 12.6. The van der Waals surface area contributed by atoms with Gasteiger partial charge >= 0.3 is 12.4 Å². The van der Waals surface area contributed by atoms with Crippen LogP contribution in [0, 0.1) is 23.7 Å². The van der Waals surface area contributed by atoms with Crippen LogP contribution in [-0.2, 0) is 36.9 Å². The van der Waals surface area contributed by atoms with Gasteiger partial charge in [-0.25, -0.2) is 9.97 Å². The van der Waals surface area contributed by atoms with Gasteiger partial charge in [0.05, 0.1) is 45.9 Å². The van der Waals surface area contributed by atoms with Gasteiger partial charge in [0.1, 0.15) is 17.2 Å². The number of allylic oxidation sites excluding steroid dienone is 2. The molecule has 12 nitrogen and oxygen atoms in total. The summed E-state index contributed by atoms with van der Waals surface area (Å²) in [5, 5.41) is 12.1. The van der Waals surface area contributed by atoms with Gasteiger partial charge in [-0.05, 0) is 60.7 Å². The second-order valence-corrected chi connectivity index (χ2v) is 16.1. The first-order valence-electron chi connectivity index (χ1n) is 18.3. The van der Waals surface area contributed by atoms with E-state index in [2.05, 4.69) is 15.4 Å². The smallest absolute Gasteiger partial charge is 0.433 e. The minimum absolute atomic E-state index is 0.0697. The van der Waals surface area contributed by atoms with E-state index in [1.807, 2.05) is 0 Å². The van der Waals surface area contributed by atoms with E-state index in [0.717, 1.165) is 18.1 Å². The summed E-state index contributed by atoms with van der Waals surface area (Å²) < 4.78 is 87.5. The number of imide groups is 2. The highest BCUT2D eigenvalue weighted by atomic mass is 35.5. The lowest BCUT2D eigenvalue weighted by molar-refractivity contribution is -0.142. The highest BCUT2D eigenvalue weighted by Gasteiger charge is 2.71. The van der Waals surface area contributed by atoms with Gasteiger partial charge in [-0.1, -0.05) is 64.7 Å². The summed E-state index contributed by atoms with van der Waals surface area (Å²) in [6.07, 6.45) is -7.91. The van der Waals surface area contributed by atoms with Crippen molar-refractivity contribution in [1.29, 1.82) is 0 Å². The number of carbonyl (C=O) groups excluding carboxylic acids is 4. The number of fused-ring (bicyclic) bond motifs is 4. The maximum absolute atomic E-state index is 15.4. The predicted molar refractivity (Wildman–Crippen MR) is 206 cm³/mol. The fourth-order valence-corrected chi connectivity index (χ4v) is 9.82. The number of benzene rings is 2. The van der Waals surface area contributed by atoms with Crippen molar-refractivity contribution in [3.8, 4) is 11.5 Å². The van der Waals surface area contributed by atoms with Crippen molar-refractivity contribution in [1.82, 2.24) is 20.0 Å². The van der Waals surface area contributed by atoms with E-state index in [0.29, 0.717) is 33.9 Å². The highest BCUT2D eigenvalue weighted by molar-refractivity contribution is 6.33. The number of nitrogens with zero attached hydrogens (tertiary/aromatic N) is 5. The molecule has 4 amide bonds. The number of aromatic hydroxyl groups is 1. The van der Waals surface area contributed by atoms with Crippen LogP contribution in [0.1, 0.15) is 41.1 Å². The number of aromatic nitrogens is 2. The minimum Gasteiger partial charge on any atom is -0.508 e. The molecule has 318 valence electrons. The summed E-state index contributed by atoms with van der Waals surface area (Å²) in [7, 11) is 2.47. The lowest BCUT2D eigenvalue weighted by atomic mass is 9.49. The third-order valence-electron chi connectivity index (χ3n) is 11.8. The van der Waals surface area contributed by atoms with E-state index in [-0.39, 0.29) is 45.5 Å². The second kappa shape index (κ2) is 14.8. The summed E-state index contributed by atoms with van der Waals surface area (Å²) in [6, 6.07) is 12.3. The zero-order chi connectivity index (χ0) is 44.1. The molecular formula is C40H29Cl3F6N6O6. The first kappa shape index (κ1) is 42.1. The number of halogens is 9. The number of phenols is 1. The first-order chi connectivity index (χ1) is 28.7. The number of hydrogen-bond donors (Lipinski definition) is 2. The van der Waals surface area contributed by atoms with E-state index in [9.17, 15) is 45.8 Å². The molecule has 8 rings (SSSR count). The number of nitrogens with one attached hydrogen (secondary N) is 1. The van der Waals surface area contributed by atoms with Crippen LogP contribution in [0.15, 0.2) is 78.5 Å². The molecule has 21 heteroatoms. The highest BCUT2D eigenvalue weighted by Crippen LogP contribution is 2.65. The number of anilines is 2. The average Bonchev–Trinajstić information content (AvgIpc) is 3.58. The van der Waals surface area contributed by atoms with Crippen LogP contribution in [0.25, 0.3) is 0 Å². The molecule has 2 saturated heterocycles. The minimum atomic E-state index is -4.89. The molecule has 6 unspecified atom stereocenters. The van der Waals surface area contributed by atoms with E-state index < -0.39 is 98.9 Å². The molecule has 2 aromatic heterocycles. The van der Waals surface area contributed by atoms with Gasteiger partial charge < -0.3 is 9.84 Å². The standard InChI is InChI=1S/C40H29Cl3F6N6O6/c1-53(33-26(42)11-12-29(51-33)40(47,48)49)55-34(57)23-10-9-21-24(30(23)36(55)59)15-25-35(58)54(52-32-27(43)13-18(16-50-32)39(44,45)46)37(60)38(25,17-3-5-19(41)6-4-17)31(21)22-8-7-20(56)14-28(22)61-2/h3-9,11-14,16,23-25,30-31,56H,10,15H2,1-2H3,(H,50,52). The first-order valence-corrected chi connectivity index (χ1v) is 19.4. The van der Waals surface area contributed by atoms with Gasteiger partial charge in [-0.15, -0.1) is 0 Å². The molecular weight excluding hydrogens is 881 g/mol. The monoisotopic (exact) mass is 908 g/mol. The molecule has 0 spiro atoms. The van der Waals surface area contributed by atoms with Crippen LogP contribution >= 0.6 is 34.8 Å². The maximum Gasteiger partial charge on any atom is 0.433 e. The topological polar surface area (TPSA) is 145 Å². The SMILES string of the molecule is COc1cc(O)ccc1C1C2=CCC3C(=O)N(N(C)c4nc(C(F)(F)F)ccc4Cl)C(=O)C3C2CC2C(=O)N(Nc3ncc(C(F)(F)F)cc3Cl)C(=O)C21c1ccc(Cl)cc1. The van der Waals surface area contributed by atoms with Gasteiger partial charge in [0.25, 0.3) is 23.6 Å². The molecule has 4 heterocycles. The van der Waals surface area contributed by atoms with Gasteiger partial charge in [-0.2, -0.15) is 36.4 Å². The summed E-state index contributed by atoms with van der Waals surface area (Å²) >= 11 is 18.8. The number of methoxy groups -OCH3 is 1. The van der Waals surface area contributed by atoms with E-state index in [4.69, 9.17) is 39.5 Å². The van der Waals surface area contributed by atoms with Crippen LogP contribution in [-0.4, -0.2) is 62.9 Å². The number of ether oxygens (including phenoxy) is 1. The van der Waals surface area contributed by atoms with Crippen molar-refractivity contribution in [3.05, 3.63) is 116 Å². The molecule has 61 heavy (non-hydrogen) atoms. The van der Waals surface area contributed by atoms with Crippen LogP contribution in [0.4, 0.5) is 38.0 Å². The number of carbonyl (C=O) groups is 4. The summed E-state index contributed by atoms with van der Waals surface area (Å²) in [5.74, 6) is -10.5. The number of hydrazine groups is 2. The van der Waals surface area contributed by atoms with E-state index >= 15 is 4.79 Å². The van der Waals surface area contributed by atoms with Crippen molar-refractivity contribution in [2.24, 2.45) is 23.7 Å². The number of pyridine rings is 2. The summed E-state index contributed by atoms with van der Waals surface area (Å²) in [5.41, 5.74) is -0.957. The zero-order valence-corrected chi connectivity index (χ0v) is 33.6. The number of amides is 4. The van der Waals surface area contributed by atoms with E-state index in [1.165, 1.54) is 49.6 Å². The Hall–Kier alpha value is -5.59. The number of hydrogen-bond acceptors (Lipinski definition) is 10. The van der Waals surface area contributed by atoms with Crippen molar-refractivity contribution in [2.45, 2.75) is 36.5 Å². The largest absolute Gasteiger partial charge is 0.508 e. The molecule has 2 N–H and O–H groups in total. The maximum atomic E-state index is 15.4. The molecule has 6 atom stereocenters. The fraction of sp³-hybridized carbons (Fsp3) is 0.300. The molecule has 0 bridgehead atoms. The molecule has 2 aromatic carbocycles. The number of rotatable bonds is 7. The van der Waals surface area contributed by atoms with Gasteiger partial charge in [-0.3, -0.25) is 29.6 Å². The molecule has 4 aliphatic rings. The lowest BCUT2D eigenvalue weighted by Gasteiger charge is -2.50. The Morgan fingerprint density at radius 1 is 0.885 bits per heavy atom. The molecule has 2 aliphatic carbocycles. The Morgan fingerprint density at radius 3 is 2.23 bits per heavy atom. The van der Waals surface area contributed by atoms with Crippen LogP contribution in [0.2, 0.25) is 15.1 Å². The Morgan fingerprint density at radius 2 is 1.59 bits per heavy atom. The summed E-state index contributed by atoms with van der Waals surface area (Å²) in [4.78, 5) is 66.6. The van der Waals surface area contributed by atoms with Crippen molar-refractivity contribution < 1.29 is 55.4 Å². The van der Waals surface area contributed by atoms with Crippen molar-refractivity contribution in [3.63, 3.8) is 0 Å². The zero-order valence-electron chi connectivity index (χ0n) is 31.4. The predicted octanol–water partition coefficient (Wildman–Crippen LogP) is 8.22. The average molecular weight is 910 g/mol. The van der Waals surface area contributed by atoms with Crippen LogP contribution < -0.4 is 15.2 Å². The van der Waals surface area contributed by atoms with Crippen molar-refractivity contribution >= 4 is 70.1 Å². The second-order valence-electron chi connectivity index (χ2n) is 14.9. The summed E-state index contributed by atoms with van der Waals surface area (Å²) in [6.45, 7) is 0. The lowest BCUT2D eigenvalue weighted by Crippen LogP contribution is -2.53. The Balaban J connectivity index is 1.29. The molecule has 1 saturated carbocycles.